The lowest BCUT2D eigenvalue weighted by Crippen LogP contribution is -2.44. The smallest absolute Gasteiger partial charge is 0.307 e. The quantitative estimate of drug-likeness (QED) is 0.879. The van der Waals surface area contributed by atoms with E-state index in [2.05, 4.69) is 4.72 Å². The van der Waals surface area contributed by atoms with Gasteiger partial charge in [0.05, 0.1) is 11.6 Å². The van der Waals surface area contributed by atoms with Crippen LogP contribution in [-0.4, -0.2) is 36.9 Å². The Bertz CT molecular complexity index is 653. The Morgan fingerprint density at radius 3 is 2.81 bits per heavy atom. The van der Waals surface area contributed by atoms with E-state index in [9.17, 15) is 17.6 Å². The van der Waals surface area contributed by atoms with Crippen molar-refractivity contribution in [3.63, 3.8) is 0 Å². The molecule has 1 unspecified atom stereocenters. The molecule has 0 amide bonds. The van der Waals surface area contributed by atoms with E-state index in [0.717, 1.165) is 10.4 Å². The van der Waals surface area contributed by atoms with Crippen molar-refractivity contribution in [3.05, 3.63) is 29.0 Å². The third-order valence-corrected chi connectivity index (χ3v) is 4.97. The van der Waals surface area contributed by atoms with Crippen molar-refractivity contribution < 1.29 is 22.7 Å². The van der Waals surface area contributed by atoms with Gasteiger partial charge in [-0.2, -0.15) is 12.7 Å². The van der Waals surface area contributed by atoms with Crippen LogP contribution in [0.2, 0.25) is 5.02 Å². The normalized spacial score (nSPS) is 20.2. The van der Waals surface area contributed by atoms with Crippen molar-refractivity contribution in [2.75, 3.05) is 17.8 Å². The summed E-state index contributed by atoms with van der Waals surface area (Å²) in [5.41, 5.74) is -0.225. The van der Waals surface area contributed by atoms with Crippen LogP contribution in [0.5, 0.6) is 0 Å². The molecule has 2 rings (SSSR count). The maximum Gasteiger partial charge on any atom is 0.307 e. The van der Waals surface area contributed by atoms with Crippen LogP contribution >= 0.6 is 11.6 Å². The summed E-state index contributed by atoms with van der Waals surface area (Å²) in [6.45, 7) is 0.0776. The second kappa shape index (κ2) is 6.17. The van der Waals surface area contributed by atoms with E-state index in [4.69, 9.17) is 16.7 Å². The molecule has 21 heavy (non-hydrogen) atoms. The number of hydrogen-bond acceptors (Lipinski definition) is 3. The van der Waals surface area contributed by atoms with Gasteiger partial charge in [-0.3, -0.25) is 9.52 Å². The van der Waals surface area contributed by atoms with Crippen LogP contribution in [0.15, 0.2) is 18.2 Å². The summed E-state index contributed by atoms with van der Waals surface area (Å²) in [4.78, 5) is 11.0. The molecule has 9 heteroatoms. The average Bonchev–Trinajstić information content (AvgIpc) is 2.42. The number of carboxylic acid groups (broad SMARTS) is 1. The zero-order valence-corrected chi connectivity index (χ0v) is 12.5. The molecule has 0 bridgehead atoms. The zero-order valence-electron chi connectivity index (χ0n) is 10.9. The summed E-state index contributed by atoms with van der Waals surface area (Å²) >= 11 is 5.60. The number of halogens is 2. The lowest BCUT2D eigenvalue weighted by atomic mass is 10.0. The topological polar surface area (TPSA) is 86.7 Å². The second-order valence-electron chi connectivity index (χ2n) is 4.77. The first-order valence-corrected chi connectivity index (χ1v) is 8.07. The third-order valence-electron chi connectivity index (χ3n) is 3.24. The maximum absolute atomic E-state index is 13.6. The molecular weight excluding hydrogens is 323 g/mol. The van der Waals surface area contributed by atoms with Gasteiger partial charge in [-0.25, -0.2) is 4.39 Å². The molecule has 2 N–H and O–H groups in total. The highest BCUT2D eigenvalue weighted by atomic mass is 35.5. The van der Waals surface area contributed by atoms with E-state index < -0.39 is 27.9 Å². The van der Waals surface area contributed by atoms with Crippen molar-refractivity contribution in [1.29, 1.82) is 0 Å². The van der Waals surface area contributed by atoms with Gasteiger partial charge < -0.3 is 5.11 Å². The van der Waals surface area contributed by atoms with Gasteiger partial charge in [0.2, 0.25) is 0 Å². The molecule has 1 aliphatic rings. The van der Waals surface area contributed by atoms with E-state index in [1.54, 1.807) is 0 Å². The summed E-state index contributed by atoms with van der Waals surface area (Å²) in [6, 6.07) is 3.57. The Morgan fingerprint density at radius 2 is 2.19 bits per heavy atom. The second-order valence-corrected chi connectivity index (χ2v) is 6.87. The highest BCUT2D eigenvalue weighted by molar-refractivity contribution is 7.90. The number of hydrogen-bond donors (Lipinski definition) is 2. The van der Waals surface area contributed by atoms with Crippen LogP contribution in [0.4, 0.5) is 10.1 Å². The summed E-state index contributed by atoms with van der Waals surface area (Å²) in [5, 5.41) is 9.12. The van der Waals surface area contributed by atoms with Crippen LogP contribution in [-0.2, 0) is 15.0 Å². The van der Waals surface area contributed by atoms with Gasteiger partial charge in [-0.15, -0.1) is 0 Å². The van der Waals surface area contributed by atoms with Crippen LogP contribution in [0, 0.1) is 11.7 Å². The first-order chi connectivity index (χ1) is 9.79. The highest BCUT2D eigenvalue weighted by Crippen LogP contribution is 2.23. The van der Waals surface area contributed by atoms with Crippen molar-refractivity contribution in [2.24, 2.45) is 5.92 Å². The maximum atomic E-state index is 13.6. The van der Waals surface area contributed by atoms with Crippen LogP contribution in [0.25, 0.3) is 0 Å². The Kier molecular flexibility index (Phi) is 4.70. The van der Waals surface area contributed by atoms with E-state index in [1.165, 1.54) is 12.1 Å². The van der Waals surface area contributed by atoms with Gasteiger partial charge in [-0.1, -0.05) is 11.6 Å². The number of anilines is 1. The molecule has 0 aliphatic carbocycles. The number of benzene rings is 1. The minimum absolute atomic E-state index is 0.125. The molecule has 6 nitrogen and oxygen atoms in total. The number of carbonyl (C=O) groups is 1. The van der Waals surface area contributed by atoms with Crippen LogP contribution in [0.1, 0.15) is 12.8 Å². The lowest BCUT2D eigenvalue weighted by Gasteiger charge is -2.30. The molecule has 1 aliphatic heterocycles. The standard InChI is InChI=1S/C12H14ClFN2O4S/c13-9-3-4-11(10(14)6-9)15-21(19,20)16-5-1-2-8(7-16)12(17)18/h3-4,6,8,15H,1-2,5,7H2,(H,17,18). The van der Waals surface area contributed by atoms with Crippen molar-refractivity contribution >= 4 is 33.5 Å². The van der Waals surface area contributed by atoms with Crippen molar-refractivity contribution in [1.82, 2.24) is 4.31 Å². The van der Waals surface area contributed by atoms with Gasteiger partial charge in [0.25, 0.3) is 0 Å². The monoisotopic (exact) mass is 336 g/mol. The molecule has 1 aromatic rings. The largest absolute Gasteiger partial charge is 0.481 e. The zero-order chi connectivity index (χ0) is 15.6. The molecule has 0 radical (unpaired) electrons. The SMILES string of the molecule is O=C(O)C1CCCN(S(=O)(=O)Nc2ccc(Cl)cc2F)C1. The summed E-state index contributed by atoms with van der Waals surface area (Å²) in [5.74, 6) is -2.57. The molecule has 0 saturated carbocycles. The molecule has 1 heterocycles. The molecular formula is C12H14ClFN2O4S. The van der Waals surface area contributed by atoms with Crippen molar-refractivity contribution in [3.8, 4) is 0 Å². The summed E-state index contributed by atoms with van der Waals surface area (Å²) in [7, 11) is -4.00. The first-order valence-electron chi connectivity index (χ1n) is 6.25. The van der Waals surface area contributed by atoms with Crippen LogP contribution in [0.3, 0.4) is 0 Å². The number of carboxylic acids is 1. The van der Waals surface area contributed by atoms with E-state index >= 15 is 0 Å². The lowest BCUT2D eigenvalue weighted by molar-refractivity contribution is -0.142. The molecule has 1 saturated heterocycles. The Balaban J connectivity index is 2.16. The fourth-order valence-electron chi connectivity index (χ4n) is 2.14. The van der Waals surface area contributed by atoms with Crippen LogP contribution < -0.4 is 4.72 Å². The fraction of sp³-hybridized carbons (Fsp3) is 0.417. The molecule has 0 aromatic heterocycles. The molecule has 116 valence electrons. The van der Waals surface area contributed by atoms with Gasteiger partial charge in [-0.05, 0) is 31.0 Å². The number of aliphatic carboxylic acids is 1. The molecule has 1 fully saturated rings. The highest BCUT2D eigenvalue weighted by Gasteiger charge is 2.32. The summed E-state index contributed by atoms with van der Waals surface area (Å²) in [6.07, 6.45) is 0.873. The number of nitrogens with zero attached hydrogens (tertiary/aromatic N) is 1. The fourth-order valence-corrected chi connectivity index (χ4v) is 3.62. The molecule has 0 spiro atoms. The Morgan fingerprint density at radius 1 is 1.48 bits per heavy atom. The number of piperidine rings is 1. The van der Waals surface area contributed by atoms with Gasteiger partial charge in [0.15, 0.2) is 0 Å². The van der Waals surface area contributed by atoms with Crippen molar-refractivity contribution in [2.45, 2.75) is 12.8 Å². The molecule has 1 aromatic carbocycles. The minimum atomic E-state index is -4.00. The number of rotatable bonds is 4. The Labute approximate surface area is 126 Å². The van der Waals surface area contributed by atoms with Gasteiger partial charge in [0, 0.05) is 18.1 Å². The summed E-state index contributed by atoms with van der Waals surface area (Å²) < 4.78 is 41.1. The van der Waals surface area contributed by atoms with Gasteiger partial charge >= 0.3 is 16.2 Å². The van der Waals surface area contributed by atoms with Gasteiger partial charge in [0.1, 0.15) is 5.82 Å². The van der Waals surface area contributed by atoms with E-state index in [-0.39, 0.29) is 23.8 Å². The first kappa shape index (κ1) is 16.0. The number of nitrogens with one attached hydrogen (secondary N) is 1. The molecule has 1 atom stereocenters. The minimum Gasteiger partial charge on any atom is -0.481 e. The third kappa shape index (κ3) is 3.84. The average molecular weight is 337 g/mol. The van der Waals surface area contributed by atoms with E-state index in [0.29, 0.717) is 12.8 Å². The van der Waals surface area contributed by atoms with E-state index in [1.807, 2.05) is 0 Å². The predicted molar refractivity (Wildman–Crippen MR) is 75.9 cm³/mol. The predicted octanol–water partition coefficient (Wildman–Crippen LogP) is 1.93. The Hall–Kier alpha value is -1.38.